The van der Waals surface area contributed by atoms with Gasteiger partial charge in [0.25, 0.3) is 0 Å². The van der Waals surface area contributed by atoms with Crippen molar-refractivity contribution in [3.8, 4) is 0 Å². The van der Waals surface area contributed by atoms with E-state index in [1.54, 1.807) is 11.8 Å². The normalized spacial score (nSPS) is 15.1. The number of para-hydroxylation sites is 1. The number of nitrogens with one attached hydrogen (secondary N) is 1. The molecular formula is C22H19NO2S. The zero-order valence-corrected chi connectivity index (χ0v) is 15.5. The van der Waals surface area contributed by atoms with Crippen molar-refractivity contribution in [3.05, 3.63) is 83.0 Å². The summed E-state index contributed by atoms with van der Waals surface area (Å²) in [6, 6.07) is 14.2. The van der Waals surface area contributed by atoms with Crippen LogP contribution in [-0.4, -0.2) is 20.1 Å². The molecule has 0 bridgehead atoms. The number of anilines is 1. The molecule has 1 aliphatic heterocycles. The first-order chi connectivity index (χ1) is 12.7. The number of hydrogen-bond acceptors (Lipinski definition) is 4. The maximum absolute atomic E-state index is 11.9. The number of fused-ring (bicyclic) bond motifs is 3. The van der Waals surface area contributed by atoms with E-state index in [2.05, 4.69) is 41.7 Å². The fraction of sp³-hybridized carbons (Fsp3) is 0.136. The first-order valence-electron chi connectivity index (χ1n) is 8.51. The number of ether oxygens (including phenoxy) is 1. The van der Waals surface area contributed by atoms with Gasteiger partial charge in [0.15, 0.2) is 0 Å². The fourth-order valence-corrected chi connectivity index (χ4v) is 4.63. The molecule has 2 aromatic rings. The molecule has 0 saturated heterocycles. The molecule has 4 heteroatoms. The van der Waals surface area contributed by atoms with E-state index in [0.717, 1.165) is 22.6 Å². The molecule has 2 aliphatic rings. The molecule has 0 amide bonds. The number of benzene rings is 2. The van der Waals surface area contributed by atoms with Crippen molar-refractivity contribution in [2.24, 2.45) is 0 Å². The van der Waals surface area contributed by atoms with Crippen molar-refractivity contribution in [3.63, 3.8) is 0 Å². The van der Waals surface area contributed by atoms with E-state index >= 15 is 0 Å². The number of hydrogen-bond donors (Lipinski definition) is 1. The molecule has 0 spiro atoms. The van der Waals surface area contributed by atoms with E-state index in [1.807, 2.05) is 31.3 Å². The van der Waals surface area contributed by atoms with Crippen LogP contribution in [-0.2, 0) is 4.74 Å². The Balaban J connectivity index is 1.89. The van der Waals surface area contributed by atoms with Crippen molar-refractivity contribution < 1.29 is 9.53 Å². The topological polar surface area (TPSA) is 38.3 Å². The Bertz CT molecular complexity index is 985. The summed E-state index contributed by atoms with van der Waals surface area (Å²) in [5.41, 5.74) is 6.50. The van der Waals surface area contributed by atoms with E-state index in [0.29, 0.717) is 5.56 Å². The minimum Gasteiger partial charge on any atom is -0.465 e. The average molecular weight is 361 g/mol. The maximum atomic E-state index is 11.9. The molecule has 1 heterocycles. The van der Waals surface area contributed by atoms with Crippen LogP contribution in [0.1, 0.15) is 27.9 Å². The Labute approximate surface area is 157 Å². The van der Waals surface area contributed by atoms with Crippen molar-refractivity contribution in [2.75, 3.05) is 19.5 Å². The molecule has 1 N–H and O–H groups in total. The van der Waals surface area contributed by atoms with Gasteiger partial charge in [-0.1, -0.05) is 48.2 Å². The van der Waals surface area contributed by atoms with Crippen molar-refractivity contribution >= 4 is 33.9 Å². The van der Waals surface area contributed by atoms with Crippen molar-refractivity contribution in [1.82, 2.24) is 0 Å². The van der Waals surface area contributed by atoms with Gasteiger partial charge in [0.05, 0.1) is 12.7 Å². The molecule has 0 saturated carbocycles. The Morgan fingerprint density at radius 1 is 1.15 bits per heavy atom. The molecule has 0 radical (unpaired) electrons. The van der Waals surface area contributed by atoms with Crippen LogP contribution in [0.5, 0.6) is 0 Å². The third kappa shape index (κ3) is 2.76. The number of carbonyl (C=O) groups excluding carboxylic acids is 1. The van der Waals surface area contributed by atoms with Crippen LogP contribution < -0.4 is 5.32 Å². The van der Waals surface area contributed by atoms with E-state index in [9.17, 15) is 4.79 Å². The lowest BCUT2D eigenvalue weighted by molar-refractivity contribution is 0.0600. The number of esters is 1. The second kappa shape index (κ2) is 6.89. The smallest absolute Gasteiger partial charge is 0.337 e. The zero-order valence-electron chi connectivity index (χ0n) is 14.7. The molecule has 0 fully saturated rings. The average Bonchev–Trinajstić information content (AvgIpc) is 2.72. The number of allylic oxidation sites excluding steroid dienone is 5. The highest BCUT2D eigenvalue weighted by atomic mass is 32.2. The SMILES string of the molecule is CNc1ccccc1C1=C2CC=CC=C2c2cc(C(=O)OC)ccc2S1. The molecule has 3 nitrogen and oxygen atoms in total. The van der Waals surface area contributed by atoms with Gasteiger partial charge in [0.2, 0.25) is 0 Å². The minimum atomic E-state index is -0.304. The van der Waals surface area contributed by atoms with Crippen LogP contribution >= 0.6 is 11.8 Å². The molecule has 1 aliphatic carbocycles. The van der Waals surface area contributed by atoms with E-state index in [-0.39, 0.29) is 5.97 Å². The Morgan fingerprint density at radius 2 is 2.00 bits per heavy atom. The third-order valence-corrected chi connectivity index (χ3v) is 5.91. The second-order valence-electron chi connectivity index (χ2n) is 6.12. The summed E-state index contributed by atoms with van der Waals surface area (Å²) in [5.74, 6) is -0.304. The minimum absolute atomic E-state index is 0.304. The molecule has 0 aromatic heterocycles. The van der Waals surface area contributed by atoms with Crippen LogP contribution in [0.4, 0.5) is 5.69 Å². The standard InChI is InChI=1S/C22H19NO2S/c1-23-19-10-6-5-9-17(19)21-16-8-4-3-7-15(16)18-13-14(22(24)25-2)11-12-20(18)26-21/h3-7,9-13,23H,8H2,1-2H3. The van der Waals surface area contributed by atoms with Gasteiger partial charge in [-0.3, -0.25) is 0 Å². The molecule has 26 heavy (non-hydrogen) atoms. The quantitative estimate of drug-likeness (QED) is 0.746. The first-order valence-corrected chi connectivity index (χ1v) is 9.32. The number of thioether (sulfide) groups is 1. The Kier molecular flexibility index (Phi) is 4.43. The predicted octanol–water partition coefficient (Wildman–Crippen LogP) is 5.38. The van der Waals surface area contributed by atoms with E-state index < -0.39 is 0 Å². The fourth-order valence-electron chi connectivity index (χ4n) is 3.39. The highest BCUT2D eigenvalue weighted by molar-refractivity contribution is 8.08. The van der Waals surface area contributed by atoms with Gasteiger partial charge in [-0.25, -0.2) is 4.79 Å². The largest absolute Gasteiger partial charge is 0.465 e. The van der Waals surface area contributed by atoms with Gasteiger partial charge in [-0.05, 0) is 47.4 Å². The summed E-state index contributed by atoms with van der Waals surface area (Å²) in [6.07, 6.45) is 7.29. The lowest BCUT2D eigenvalue weighted by Crippen LogP contribution is -2.07. The Morgan fingerprint density at radius 3 is 2.81 bits per heavy atom. The molecule has 0 atom stereocenters. The summed E-state index contributed by atoms with van der Waals surface area (Å²) < 4.78 is 4.88. The number of carbonyl (C=O) groups is 1. The van der Waals surface area contributed by atoms with Crippen LogP contribution in [0.3, 0.4) is 0 Å². The summed E-state index contributed by atoms with van der Waals surface area (Å²) in [5, 5.41) is 3.30. The van der Waals surface area contributed by atoms with Gasteiger partial charge in [0, 0.05) is 28.1 Å². The molecule has 130 valence electrons. The lowest BCUT2D eigenvalue weighted by Gasteiger charge is -2.27. The third-order valence-electron chi connectivity index (χ3n) is 4.66. The summed E-state index contributed by atoms with van der Waals surface area (Å²) in [4.78, 5) is 14.4. The van der Waals surface area contributed by atoms with Crippen LogP contribution in [0, 0.1) is 0 Å². The van der Waals surface area contributed by atoms with Gasteiger partial charge >= 0.3 is 5.97 Å². The van der Waals surface area contributed by atoms with E-state index in [4.69, 9.17) is 4.74 Å². The van der Waals surface area contributed by atoms with Gasteiger partial charge < -0.3 is 10.1 Å². The van der Waals surface area contributed by atoms with Crippen LogP contribution in [0.2, 0.25) is 0 Å². The second-order valence-corrected chi connectivity index (χ2v) is 7.17. The van der Waals surface area contributed by atoms with Crippen molar-refractivity contribution in [2.45, 2.75) is 11.3 Å². The van der Waals surface area contributed by atoms with Crippen LogP contribution in [0.25, 0.3) is 10.5 Å². The molecule has 2 aromatic carbocycles. The van der Waals surface area contributed by atoms with Gasteiger partial charge in [-0.15, -0.1) is 0 Å². The van der Waals surface area contributed by atoms with Gasteiger partial charge in [-0.2, -0.15) is 0 Å². The number of methoxy groups -OCH3 is 1. The molecule has 4 rings (SSSR count). The van der Waals surface area contributed by atoms with Crippen LogP contribution in [0.15, 0.2) is 71.2 Å². The highest BCUT2D eigenvalue weighted by Gasteiger charge is 2.26. The maximum Gasteiger partial charge on any atom is 0.337 e. The number of rotatable bonds is 3. The van der Waals surface area contributed by atoms with Crippen molar-refractivity contribution in [1.29, 1.82) is 0 Å². The van der Waals surface area contributed by atoms with Gasteiger partial charge in [0.1, 0.15) is 0 Å². The lowest BCUT2D eigenvalue weighted by atomic mass is 9.89. The Hall–Kier alpha value is -2.72. The molecular weight excluding hydrogens is 342 g/mol. The molecule has 0 unspecified atom stereocenters. The van der Waals surface area contributed by atoms with E-state index in [1.165, 1.54) is 28.7 Å². The first kappa shape index (κ1) is 16.7. The summed E-state index contributed by atoms with van der Waals surface area (Å²) >= 11 is 1.77. The summed E-state index contributed by atoms with van der Waals surface area (Å²) in [6.45, 7) is 0. The monoisotopic (exact) mass is 361 g/mol. The highest BCUT2D eigenvalue weighted by Crippen LogP contribution is 2.52. The zero-order chi connectivity index (χ0) is 18.1. The summed E-state index contributed by atoms with van der Waals surface area (Å²) in [7, 11) is 3.36. The predicted molar refractivity (Wildman–Crippen MR) is 108 cm³/mol.